The maximum absolute atomic E-state index is 10.3. The zero-order valence-electron chi connectivity index (χ0n) is 17.1. The van der Waals surface area contributed by atoms with E-state index in [0.717, 1.165) is 37.0 Å². The summed E-state index contributed by atoms with van der Waals surface area (Å²) in [7, 11) is 0. The van der Waals surface area contributed by atoms with Gasteiger partial charge >= 0.3 is 0 Å². The van der Waals surface area contributed by atoms with E-state index in [1.54, 1.807) is 0 Å². The Bertz CT molecular complexity index is 595. The third-order valence-corrected chi connectivity index (χ3v) is 5.01. The molecule has 29 heavy (non-hydrogen) atoms. The standard InChI is InChI=1S/C21H35NO6S/c1-2-3-4-5-10-22(13-18(24)20(26)21(27)19(25)14-23)11-12-28-17-8-6-16(15-29)7-9-17/h6-9,18,20,23-27,29H,2-5,10-15H2,1H3/b21-19+/t18-,20+/m0/s1. The Kier molecular flexibility index (Phi) is 12.8. The van der Waals surface area contributed by atoms with Crippen LogP contribution in [0.5, 0.6) is 5.75 Å². The van der Waals surface area contributed by atoms with Gasteiger partial charge in [-0.05, 0) is 30.7 Å². The van der Waals surface area contributed by atoms with Gasteiger partial charge in [-0.3, -0.25) is 4.90 Å². The van der Waals surface area contributed by atoms with Gasteiger partial charge < -0.3 is 30.3 Å². The molecule has 0 bridgehead atoms. The van der Waals surface area contributed by atoms with Crippen molar-refractivity contribution in [3.05, 3.63) is 41.3 Å². The molecule has 1 aromatic rings. The van der Waals surface area contributed by atoms with Crippen LogP contribution in [0.15, 0.2) is 35.8 Å². The predicted octanol–water partition coefficient (Wildman–Crippen LogP) is 2.42. The largest absolute Gasteiger partial charge is 0.506 e. The van der Waals surface area contributed by atoms with Crippen molar-refractivity contribution in [3.63, 3.8) is 0 Å². The summed E-state index contributed by atoms with van der Waals surface area (Å²) >= 11 is 4.23. The van der Waals surface area contributed by atoms with Crippen molar-refractivity contribution in [2.75, 3.05) is 32.8 Å². The number of nitrogens with zero attached hydrogens (tertiary/aromatic N) is 1. The van der Waals surface area contributed by atoms with Gasteiger partial charge in [0.1, 0.15) is 25.1 Å². The average Bonchev–Trinajstić information content (AvgIpc) is 2.75. The lowest BCUT2D eigenvalue weighted by Crippen LogP contribution is -2.42. The highest BCUT2D eigenvalue weighted by atomic mass is 32.1. The van der Waals surface area contributed by atoms with Crippen molar-refractivity contribution in [1.29, 1.82) is 0 Å². The van der Waals surface area contributed by atoms with Crippen LogP contribution < -0.4 is 4.74 Å². The van der Waals surface area contributed by atoms with Gasteiger partial charge in [0.25, 0.3) is 0 Å². The van der Waals surface area contributed by atoms with Crippen LogP contribution in [-0.2, 0) is 5.75 Å². The van der Waals surface area contributed by atoms with E-state index in [4.69, 9.17) is 9.84 Å². The molecule has 0 aromatic heterocycles. The monoisotopic (exact) mass is 429 g/mol. The van der Waals surface area contributed by atoms with Crippen molar-refractivity contribution >= 4 is 12.6 Å². The molecule has 0 aliphatic heterocycles. The van der Waals surface area contributed by atoms with Gasteiger partial charge in [0.05, 0.1) is 6.10 Å². The molecule has 0 fully saturated rings. The summed E-state index contributed by atoms with van der Waals surface area (Å²) in [5.41, 5.74) is 1.11. The van der Waals surface area contributed by atoms with E-state index in [1.165, 1.54) is 0 Å². The van der Waals surface area contributed by atoms with Crippen LogP contribution in [0.3, 0.4) is 0 Å². The molecule has 1 aromatic carbocycles. The molecule has 0 spiro atoms. The molecular weight excluding hydrogens is 394 g/mol. The van der Waals surface area contributed by atoms with E-state index in [0.29, 0.717) is 25.4 Å². The first kappa shape index (κ1) is 25.6. The third kappa shape index (κ3) is 9.73. The van der Waals surface area contributed by atoms with Crippen molar-refractivity contribution in [2.45, 2.75) is 50.6 Å². The SMILES string of the molecule is CCCCCCN(CCOc1ccc(CS)cc1)C[C@H](O)[C@@H](O)/C(O)=C(\O)CO. The Morgan fingerprint density at radius 3 is 2.34 bits per heavy atom. The molecular formula is C21H35NO6S. The van der Waals surface area contributed by atoms with Gasteiger partial charge in [-0.15, -0.1) is 0 Å². The van der Waals surface area contributed by atoms with Crippen LogP contribution in [0.1, 0.15) is 38.2 Å². The van der Waals surface area contributed by atoms with E-state index in [-0.39, 0.29) is 6.54 Å². The Balaban J connectivity index is 2.61. The highest BCUT2D eigenvalue weighted by Crippen LogP contribution is 2.14. The number of benzene rings is 1. The molecule has 166 valence electrons. The smallest absolute Gasteiger partial charge is 0.163 e. The zero-order valence-corrected chi connectivity index (χ0v) is 18.0. The summed E-state index contributed by atoms with van der Waals surface area (Å²) in [6.45, 7) is 3.06. The molecule has 0 aliphatic carbocycles. The minimum atomic E-state index is -1.67. The van der Waals surface area contributed by atoms with Crippen LogP contribution in [0, 0.1) is 0 Å². The number of ether oxygens (including phenoxy) is 1. The molecule has 0 aliphatic rings. The normalized spacial score (nSPS) is 14.6. The van der Waals surface area contributed by atoms with Crippen molar-refractivity contribution < 1.29 is 30.3 Å². The van der Waals surface area contributed by atoms with E-state index in [9.17, 15) is 20.4 Å². The molecule has 1 rings (SSSR count). The molecule has 0 amide bonds. The lowest BCUT2D eigenvalue weighted by atomic mass is 10.1. The molecule has 2 atom stereocenters. The Labute approximate surface area is 178 Å². The lowest BCUT2D eigenvalue weighted by molar-refractivity contribution is -0.00903. The number of aliphatic hydroxyl groups excluding tert-OH is 5. The summed E-state index contributed by atoms with van der Waals surface area (Å²) in [5, 5.41) is 48.2. The second-order valence-corrected chi connectivity index (χ2v) is 7.33. The number of thiol groups is 1. The van der Waals surface area contributed by atoms with E-state index >= 15 is 0 Å². The van der Waals surface area contributed by atoms with Crippen LogP contribution >= 0.6 is 12.6 Å². The Hall–Kier alpha value is -1.45. The highest BCUT2D eigenvalue weighted by molar-refractivity contribution is 7.79. The fourth-order valence-electron chi connectivity index (χ4n) is 2.84. The topological polar surface area (TPSA) is 114 Å². The zero-order chi connectivity index (χ0) is 21.6. The predicted molar refractivity (Wildman–Crippen MR) is 117 cm³/mol. The molecule has 0 unspecified atom stereocenters. The van der Waals surface area contributed by atoms with Crippen molar-refractivity contribution in [3.8, 4) is 5.75 Å². The summed E-state index contributed by atoms with van der Waals surface area (Å²) in [4.78, 5) is 1.95. The van der Waals surface area contributed by atoms with Crippen LogP contribution in [-0.4, -0.2) is 75.5 Å². The van der Waals surface area contributed by atoms with Gasteiger partial charge in [0.15, 0.2) is 11.5 Å². The number of unbranched alkanes of at least 4 members (excludes halogenated alkanes) is 3. The summed E-state index contributed by atoms with van der Waals surface area (Å²) in [6, 6.07) is 7.67. The fourth-order valence-corrected chi connectivity index (χ4v) is 3.05. The second kappa shape index (κ2) is 14.5. The molecule has 0 heterocycles. The van der Waals surface area contributed by atoms with Crippen molar-refractivity contribution in [2.24, 2.45) is 0 Å². The third-order valence-electron chi connectivity index (χ3n) is 4.65. The maximum Gasteiger partial charge on any atom is 0.163 e. The second-order valence-electron chi connectivity index (χ2n) is 7.01. The number of aliphatic hydroxyl groups is 5. The van der Waals surface area contributed by atoms with Gasteiger partial charge in [-0.2, -0.15) is 12.6 Å². The Morgan fingerprint density at radius 2 is 1.76 bits per heavy atom. The molecule has 8 heteroatoms. The molecule has 0 radical (unpaired) electrons. The van der Waals surface area contributed by atoms with Gasteiger partial charge in [-0.25, -0.2) is 0 Å². The molecule has 5 N–H and O–H groups in total. The first-order valence-corrected chi connectivity index (χ1v) is 10.7. The number of hydrogen-bond donors (Lipinski definition) is 6. The van der Waals surface area contributed by atoms with E-state index in [2.05, 4.69) is 19.6 Å². The van der Waals surface area contributed by atoms with Crippen LogP contribution in [0.25, 0.3) is 0 Å². The highest BCUT2D eigenvalue weighted by Gasteiger charge is 2.25. The van der Waals surface area contributed by atoms with Gasteiger partial charge in [-0.1, -0.05) is 38.3 Å². The lowest BCUT2D eigenvalue weighted by Gasteiger charge is -2.27. The van der Waals surface area contributed by atoms with E-state index < -0.39 is 30.3 Å². The minimum absolute atomic E-state index is 0.0952. The van der Waals surface area contributed by atoms with E-state index in [1.807, 2.05) is 29.2 Å². The maximum atomic E-state index is 10.3. The van der Waals surface area contributed by atoms with Gasteiger partial charge in [0.2, 0.25) is 0 Å². The quantitative estimate of drug-likeness (QED) is 0.144. The summed E-state index contributed by atoms with van der Waals surface area (Å²) < 4.78 is 5.77. The molecule has 7 nitrogen and oxygen atoms in total. The first-order valence-electron chi connectivity index (χ1n) is 10.1. The molecule has 0 saturated heterocycles. The summed E-state index contributed by atoms with van der Waals surface area (Å²) in [6.07, 6.45) is 1.26. The Morgan fingerprint density at radius 1 is 1.07 bits per heavy atom. The van der Waals surface area contributed by atoms with Crippen LogP contribution in [0.4, 0.5) is 0 Å². The minimum Gasteiger partial charge on any atom is -0.506 e. The molecule has 0 saturated carbocycles. The average molecular weight is 430 g/mol. The number of hydrogen-bond acceptors (Lipinski definition) is 8. The fraction of sp³-hybridized carbons (Fsp3) is 0.619. The summed E-state index contributed by atoms with van der Waals surface area (Å²) in [5.74, 6) is -0.153. The van der Waals surface area contributed by atoms with Gasteiger partial charge in [0, 0.05) is 18.8 Å². The van der Waals surface area contributed by atoms with Crippen LogP contribution in [0.2, 0.25) is 0 Å². The first-order chi connectivity index (χ1) is 13.9. The number of rotatable bonds is 15. The van der Waals surface area contributed by atoms with Crippen molar-refractivity contribution in [1.82, 2.24) is 4.90 Å².